The molecule has 1 aliphatic heterocycles. The molecule has 3 rings (SSSR count). The highest BCUT2D eigenvalue weighted by molar-refractivity contribution is 5.99. The Morgan fingerprint density at radius 1 is 1.15 bits per heavy atom. The average molecular weight is 379 g/mol. The third-order valence-corrected chi connectivity index (χ3v) is 4.42. The third-order valence-electron chi connectivity index (χ3n) is 4.42. The molecule has 0 aliphatic carbocycles. The number of nitrogen functional groups attached to an aromatic ring is 1. The Bertz CT molecular complexity index is 818. The van der Waals surface area contributed by atoms with Gasteiger partial charge in [-0.05, 0) is 29.8 Å². The first kappa shape index (κ1) is 19.0. The number of ether oxygens (including phenoxy) is 1. The van der Waals surface area contributed by atoms with Gasteiger partial charge in [-0.15, -0.1) is 0 Å². The lowest BCUT2D eigenvalue weighted by molar-refractivity contribution is -0.138. The highest BCUT2D eigenvalue weighted by Crippen LogP contribution is 2.35. The van der Waals surface area contributed by atoms with Gasteiger partial charge < -0.3 is 20.7 Å². The van der Waals surface area contributed by atoms with Crippen molar-refractivity contribution in [3.05, 3.63) is 59.2 Å². The van der Waals surface area contributed by atoms with E-state index in [4.69, 9.17) is 10.5 Å². The molecule has 5 nitrogen and oxygen atoms in total. The number of para-hydroxylation sites is 1. The summed E-state index contributed by atoms with van der Waals surface area (Å²) in [5.41, 5.74) is 5.98. The Balaban J connectivity index is 1.80. The second-order valence-corrected chi connectivity index (χ2v) is 6.21. The fourth-order valence-corrected chi connectivity index (χ4v) is 2.98. The van der Waals surface area contributed by atoms with Crippen LogP contribution < -0.4 is 16.0 Å². The van der Waals surface area contributed by atoms with Crippen LogP contribution in [0.3, 0.4) is 0 Å². The van der Waals surface area contributed by atoms with E-state index in [2.05, 4.69) is 5.32 Å². The summed E-state index contributed by atoms with van der Waals surface area (Å²) in [5.74, 6) is -0.515. The van der Waals surface area contributed by atoms with Gasteiger partial charge in [0.05, 0.1) is 24.3 Å². The summed E-state index contributed by atoms with van der Waals surface area (Å²) >= 11 is 0. The van der Waals surface area contributed by atoms with Gasteiger partial charge in [-0.3, -0.25) is 4.79 Å². The number of nitrogens with two attached hydrogens (primary N) is 1. The van der Waals surface area contributed by atoms with Crippen molar-refractivity contribution in [1.82, 2.24) is 5.32 Å². The summed E-state index contributed by atoms with van der Waals surface area (Å²) in [6.45, 7) is 1.81. The Kier molecular flexibility index (Phi) is 5.55. The smallest absolute Gasteiger partial charge is 0.398 e. The summed E-state index contributed by atoms with van der Waals surface area (Å²) in [5, 5.41) is 2.52. The molecule has 0 unspecified atom stereocenters. The molecule has 0 aromatic heterocycles. The fraction of sp³-hybridized carbons (Fsp3) is 0.316. The standard InChI is InChI=1S/C19H20F3N3O2/c20-19(21,22)16-11-14(25-7-9-27-10-8-25)6-5-13(16)12-24-18(26)15-3-1-2-4-17(15)23/h1-6,11H,7-10,12,23H2,(H,24,26). The summed E-state index contributed by atoms with van der Waals surface area (Å²) in [7, 11) is 0. The zero-order valence-corrected chi connectivity index (χ0v) is 14.6. The molecular formula is C19H20F3N3O2. The van der Waals surface area contributed by atoms with E-state index in [0.717, 1.165) is 6.07 Å². The van der Waals surface area contributed by atoms with Gasteiger partial charge in [0.15, 0.2) is 0 Å². The van der Waals surface area contributed by atoms with Gasteiger partial charge in [-0.1, -0.05) is 18.2 Å². The highest BCUT2D eigenvalue weighted by Gasteiger charge is 2.34. The number of anilines is 2. The lowest BCUT2D eigenvalue weighted by Crippen LogP contribution is -2.36. The van der Waals surface area contributed by atoms with Gasteiger partial charge >= 0.3 is 6.18 Å². The van der Waals surface area contributed by atoms with E-state index < -0.39 is 17.6 Å². The Labute approximate surface area is 154 Å². The number of morpholine rings is 1. The number of hydrogen-bond donors (Lipinski definition) is 2. The normalized spacial score (nSPS) is 14.9. The average Bonchev–Trinajstić information content (AvgIpc) is 2.66. The molecule has 1 fully saturated rings. The molecule has 8 heteroatoms. The molecule has 0 atom stereocenters. The number of hydrogen-bond acceptors (Lipinski definition) is 4. The number of carbonyl (C=O) groups is 1. The number of amides is 1. The maximum atomic E-state index is 13.5. The number of alkyl halides is 3. The van der Waals surface area contributed by atoms with Gasteiger partial charge in [-0.25, -0.2) is 0 Å². The van der Waals surface area contributed by atoms with Gasteiger partial charge in [-0.2, -0.15) is 13.2 Å². The third kappa shape index (κ3) is 4.51. The van der Waals surface area contributed by atoms with Crippen molar-refractivity contribution in [3.8, 4) is 0 Å². The molecule has 1 amide bonds. The van der Waals surface area contributed by atoms with Crippen LogP contribution in [0.4, 0.5) is 24.5 Å². The highest BCUT2D eigenvalue weighted by atomic mass is 19.4. The molecule has 27 heavy (non-hydrogen) atoms. The second-order valence-electron chi connectivity index (χ2n) is 6.21. The predicted molar refractivity (Wildman–Crippen MR) is 96.5 cm³/mol. The molecule has 2 aromatic rings. The number of halogens is 3. The van der Waals surface area contributed by atoms with Gasteiger partial charge in [0.1, 0.15) is 0 Å². The molecular weight excluding hydrogens is 359 g/mol. The van der Waals surface area contributed by atoms with E-state index >= 15 is 0 Å². The summed E-state index contributed by atoms with van der Waals surface area (Å²) in [6, 6.07) is 10.6. The first-order chi connectivity index (χ1) is 12.9. The molecule has 1 heterocycles. The van der Waals surface area contributed by atoms with Crippen molar-refractivity contribution < 1.29 is 22.7 Å². The topological polar surface area (TPSA) is 67.6 Å². The monoisotopic (exact) mass is 379 g/mol. The van der Waals surface area contributed by atoms with E-state index in [-0.39, 0.29) is 23.4 Å². The molecule has 0 bridgehead atoms. The summed E-state index contributed by atoms with van der Waals surface area (Å²) in [6.07, 6.45) is -4.52. The van der Waals surface area contributed by atoms with Crippen LogP contribution in [0.2, 0.25) is 0 Å². The van der Waals surface area contributed by atoms with Crippen LogP contribution in [0.1, 0.15) is 21.5 Å². The zero-order valence-electron chi connectivity index (χ0n) is 14.6. The van der Waals surface area contributed by atoms with Crippen molar-refractivity contribution in [2.45, 2.75) is 12.7 Å². The summed E-state index contributed by atoms with van der Waals surface area (Å²) in [4.78, 5) is 14.1. The lowest BCUT2D eigenvalue weighted by atomic mass is 10.0. The Hall–Kier alpha value is -2.74. The van der Waals surface area contributed by atoms with Crippen LogP contribution in [-0.4, -0.2) is 32.2 Å². The summed E-state index contributed by atoms with van der Waals surface area (Å²) < 4.78 is 45.8. The van der Waals surface area contributed by atoms with Crippen molar-refractivity contribution in [3.63, 3.8) is 0 Å². The maximum absolute atomic E-state index is 13.5. The minimum atomic E-state index is -4.52. The number of nitrogens with zero attached hydrogens (tertiary/aromatic N) is 1. The first-order valence-electron chi connectivity index (χ1n) is 8.52. The van der Waals surface area contributed by atoms with Crippen LogP contribution in [-0.2, 0) is 17.5 Å². The quantitative estimate of drug-likeness (QED) is 0.802. The minimum absolute atomic E-state index is 0.00219. The minimum Gasteiger partial charge on any atom is -0.398 e. The van der Waals surface area contributed by atoms with Crippen molar-refractivity contribution in [2.24, 2.45) is 0 Å². The molecule has 1 saturated heterocycles. The Morgan fingerprint density at radius 2 is 1.85 bits per heavy atom. The Morgan fingerprint density at radius 3 is 2.52 bits per heavy atom. The van der Waals surface area contributed by atoms with Gasteiger partial charge in [0.2, 0.25) is 0 Å². The molecule has 144 valence electrons. The molecule has 2 aromatic carbocycles. The van der Waals surface area contributed by atoms with E-state index in [1.165, 1.54) is 12.1 Å². The van der Waals surface area contributed by atoms with Crippen LogP contribution >= 0.6 is 0 Å². The van der Waals surface area contributed by atoms with Crippen molar-refractivity contribution >= 4 is 17.3 Å². The number of benzene rings is 2. The number of rotatable bonds is 4. The molecule has 1 aliphatic rings. The van der Waals surface area contributed by atoms with E-state index in [1.807, 2.05) is 4.90 Å². The van der Waals surface area contributed by atoms with Crippen LogP contribution in [0.5, 0.6) is 0 Å². The number of nitrogens with one attached hydrogen (secondary N) is 1. The van der Waals surface area contributed by atoms with Crippen molar-refractivity contribution in [2.75, 3.05) is 36.9 Å². The second kappa shape index (κ2) is 7.87. The van der Waals surface area contributed by atoms with Crippen LogP contribution in [0.15, 0.2) is 42.5 Å². The first-order valence-corrected chi connectivity index (χ1v) is 8.52. The van der Waals surface area contributed by atoms with Crippen LogP contribution in [0, 0.1) is 0 Å². The van der Waals surface area contributed by atoms with E-state index in [1.54, 1.807) is 24.3 Å². The lowest BCUT2D eigenvalue weighted by Gasteiger charge is -2.29. The van der Waals surface area contributed by atoms with Crippen LogP contribution in [0.25, 0.3) is 0 Å². The van der Waals surface area contributed by atoms with Gasteiger partial charge in [0.25, 0.3) is 5.91 Å². The van der Waals surface area contributed by atoms with Crippen molar-refractivity contribution in [1.29, 1.82) is 0 Å². The molecule has 3 N–H and O–H groups in total. The zero-order chi connectivity index (χ0) is 19.4. The molecule has 0 spiro atoms. The largest absolute Gasteiger partial charge is 0.416 e. The van der Waals surface area contributed by atoms with Gasteiger partial charge in [0, 0.05) is 31.0 Å². The molecule has 0 radical (unpaired) electrons. The van der Waals surface area contributed by atoms with E-state index in [0.29, 0.717) is 32.0 Å². The SMILES string of the molecule is Nc1ccccc1C(=O)NCc1ccc(N2CCOCC2)cc1C(F)(F)F. The number of carbonyl (C=O) groups excluding carboxylic acids is 1. The fourth-order valence-electron chi connectivity index (χ4n) is 2.98. The van der Waals surface area contributed by atoms with E-state index in [9.17, 15) is 18.0 Å². The predicted octanol–water partition coefficient (Wildman–Crippen LogP) is 3.05. The molecule has 0 saturated carbocycles. The maximum Gasteiger partial charge on any atom is 0.416 e.